The maximum atomic E-state index is 11.6. The van der Waals surface area contributed by atoms with E-state index in [2.05, 4.69) is 4.98 Å². The number of pyridine rings is 1. The number of hydrogen-bond donors (Lipinski definition) is 1. The normalized spacial score (nSPS) is 9.18. The molecule has 1 amide bonds. The fourth-order valence-corrected chi connectivity index (χ4v) is 0.672. The lowest BCUT2D eigenvalue weighted by Gasteiger charge is -1.97. The predicted octanol–water partition coefficient (Wildman–Crippen LogP) is 1.26. The van der Waals surface area contributed by atoms with Gasteiger partial charge in [-0.3, -0.25) is 4.98 Å². The van der Waals surface area contributed by atoms with E-state index in [1.54, 1.807) is 24.5 Å². The first kappa shape index (κ1) is 7.65. The van der Waals surface area contributed by atoms with Crippen molar-refractivity contribution in [2.45, 2.75) is 6.54 Å². The van der Waals surface area contributed by atoms with Crippen molar-refractivity contribution in [3.8, 4) is 0 Å². The Hall–Kier alpha value is -1.45. The standard InChI is InChI=1S/C7H7FN2O/c8-7(11)10-5-6-1-3-9-4-2-6/h1-4H,5H2,(H,10,11). The molecule has 4 heteroatoms. The van der Waals surface area contributed by atoms with Gasteiger partial charge in [-0.25, -0.2) is 4.79 Å². The van der Waals surface area contributed by atoms with Crippen molar-refractivity contribution in [1.29, 1.82) is 0 Å². The van der Waals surface area contributed by atoms with Crippen LogP contribution in [-0.4, -0.2) is 11.1 Å². The van der Waals surface area contributed by atoms with Gasteiger partial charge in [-0.05, 0) is 17.7 Å². The Bertz CT molecular complexity index is 237. The van der Waals surface area contributed by atoms with Crippen LogP contribution in [0, 0.1) is 0 Å². The Morgan fingerprint density at radius 2 is 2.18 bits per heavy atom. The second-order valence-corrected chi connectivity index (χ2v) is 1.98. The molecule has 58 valence electrons. The molecule has 0 atom stereocenters. The van der Waals surface area contributed by atoms with Crippen molar-refractivity contribution in [2.24, 2.45) is 0 Å². The zero-order chi connectivity index (χ0) is 8.10. The minimum absolute atomic E-state index is 0.206. The molecule has 3 nitrogen and oxygen atoms in total. The Kier molecular flexibility index (Phi) is 2.54. The third kappa shape index (κ3) is 2.75. The Labute approximate surface area is 63.3 Å². The molecule has 1 N–H and O–H groups in total. The molecule has 0 bridgehead atoms. The fraction of sp³-hybridized carbons (Fsp3) is 0.143. The lowest BCUT2D eigenvalue weighted by molar-refractivity contribution is 0.221. The summed E-state index contributed by atoms with van der Waals surface area (Å²) < 4.78 is 11.6. The highest BCUT2D eigenvalue weighted by Crippen LogP contribution is 1.94. The average molecular weight is 154 g/mol. The van der Waals surface area contributed by atoms with Gasteiger partial charge in [0.2, 0.25) is 0 Å². The van der Waals surface area contributed by atoms with Gasteiger partial charge in [0.15, 0.2) is 0 Å². The lowest BCUT2D eigenvalue weighted by atomic mass is 10.3. The van der Waals surface area contributed by atoms with Gasteiger partial charge in [0.25, 0.3) is 0 Å². The Morgan fingerprint density at radius 3 is 2.73 bits per heavy atom. The number of aromatic nitrogens is 1. The van der Waals surface area contributed by atoms with Crippen LogP contribution in [0.3, 0.4) is 0 Å². The van der Waals surface area contributed by atoms with E-state index in [1.165, 1.54) is 0 Å². The van der Waals surface area contributed by atoms with E-state index >= 15 is 0 Å². The molecule has 0 aliphatic heterocycles. The van der Waals surface area contributed by atoms with Gasteiger partial charge >= 0.3 is 6.16 Å². The average Bonchev–Trinajstić information content (AvgIpc) is 2.03. The summed E-state index contributed by atoms with van der Waals surface area (Å²) in [5.74, 6) is 0. The second kappa shape index (κ2) is 3.65. The third-order valence-corrected chi connectivity index (χ3v) is 1.18. The number of nitrogens with zero attached hydrogens (tertiary/aromatic N) is 1. The van der Waals surface area contributed by atoms with E-state index in [-0.39, 0.29) is 6.54 Å². The number of carbonyl (C=O) groups excluding carboxylic acids is 1. The highest BCUT2D eigenvalue weighted by molar-refractivity contribution is 5.65. The van der Waals surface area contributed by atoms with Crippen LogP contribution in [0.1, 0.15) is 5.56 Å². The molecule has 11 heavy (non-hydrogen) atoms. The van der Waals surface area contributed by atoms with Gasteiger partial charge in [-0.15, -0.1) is 4.39 Å². The fourth-order valence-electron chi connectivity index (χ4n) is 0.672. The molecule has 0 spiro atoms. The van der Waals surface area contributed by atoms with Crippen LogP contribution in [-0.2, 0) is 6.54 Å². The molecule has 1 rings (SSSR count). The molecule has 0 radical (unpaired) electrons. The first-order valence-corrected chi connectivity index (χ1v) is 3.11. The molecule has 0 aromatic carbocycles. The van der Waals surface area contributed by atoms with Crippen molar-refractivity contribution < 1.29 is 9.18 Å². The van der Waals surface area contributed by atoms with Crippen LogP contribution >= 0.6 is 0 Å². The van der Waals surface area contributed by atoms with Gasteiger partial charge in [0, 0.05) is 18.9 Å². The van der Waals surface area contributed by atoms with Crippen LogP contribution in [0.2, 0.25) is 0 Å². The Balaban J connectivity index is 2.45. The van der Waals surface area contributed by atoms with Gasteiger partial charge in [0.05, 0.1) is 0 Å². The number of nitrogens with one attached hydrogen (secondary N) is 1. The topological polar surface area (TPSA) is 42.0 Å². The number of rotatable bonds is 2. The predicted molar refractivity (Wildman–Crippen MR) is 37.6 cm³/mol. The zero-order valence-corrected chi connectivity index (χ0v) is 5.75. The molecule has 0 saturated heterocycles. The smallest absolute Gasteiger partial charge is 0.324 e. The van der Waals surface area contributed by atoms with Crippen LogP contribution < -0.4 is 5.32 Å². The first-order valence-electron chi connectivity index (χ1n) is 3.11. The molecule has 0 aliphatic carbocycles. The highest BCUT2D eigenvalue weighted by atomic mass is 19.1. The van der Waals surface area contributed by atoms with E-state index in [9.17, 15) is 9.18 Å². The van der Waals surface area contributed by atoms with E-state index < -0.39 is 6.16 Å². The van der Waals surface area contributed by atoms with Crippen molar-refractivity contribution in [3.63, 3.8) is 0 Å². The van der Waals surface area contributed by atoms with Gasteiger partial charge < -0.3 is 5.32 Å². The summed E-state index contributed by atoms with van der Waals surface area (Å²) in [6, 6.07) is 3.41. The van der Waals surface area contributed by atoms with Crippen molar-refractivity contribution in [1.82, 2.24) is 10.3 Å². The lowest BCUT2D eigenvalue weighted by Crippen LogP contribution is -2.16. The summed E-state index contributed by atoms with van der Waals surface area (Å²) >= 11 is 0. The molecule has 0 saturated carbocycles. The van der Waals surface area contributed by atoms with Gasteiger partial charge in [-0.1, -0.05) is 0 Å². The van der Waals surface area contributed by atoms with Gasteiger partial charge in [-0.2, -0.15) is 0 Å². The Morgan fingerprint density at radius 1 is 1.55 bits per heavy atom. The van der Waals surface area contributed by atoms with E-state index in [1.807, 2.05) is 5.32 Å². The summed E-state index contributed by atoms with van der Waals surface area (Å²) in [7, 11) is 0. The molecular weight excluding hydrogens is 147 g/mol. The summed E-state index contributed by atoms with van der Waals surface area (Å²) in [5.41, 5.74) is 0.825. The monoisotopic (exact) mass is 154 g/mol. The number of amides is 1. The zero-order valence-electron chi connectivity index (χ0n) is 5.75. The van der Waals surface area contributed by atoms with Crippen molar-refractivity contribution in [3.05, 3.63) is 30.1 Å². The quantitative estimate of drug-likeness (QED) is 0.514. The van der Waals surface area contributed by atoms with Crippen molar-refractivity contribution in [2.75, 3.05) is 0 Å². The number of halogens is 1. The van der Waals surface area contributed by atoms with Gasteiger partial charge in [0.1, 0.15) is 0 Å². The largest absolute Gasteiger partial charge is 0.397 e. The molecule has 1 aromatic rings. The highest BCUT2D eigenvalue weighted by Gasteiger charge is 1.94. The number of carbonyl (C=O) groups is 1. The molecule has 1 aromatic heterocycles. The minimum Gasteiger partial charge on any atom is -0.324 e. The maximum absolute atomic E-state index is 11.6. The second-order valence-electron chi connectivity index (χ2n) is 1.98. The van der Waals surface area contributed by atoms with E-state index in [4.69, 9.17) is 0 Å². The molecular formula is C7H7FN2O. The minimum atomic E-state index is -1.51. The molecule has 1 heterocycles. The number of hydrogen-bond acceptors (Lipinski definition) is 2. The van der Waals surface area contributed by atoms with E-state index in [0.29, 0.717) is 0 Å². The summed E-state index contributed by atoms with van der Waals surface area (Å²) in [5, 5.41) is 2.03. The molecule has 0 fully saturated rings. The summed E-state index contributed by atoms with van der Waals surface area (Å²) in [6.07, 6.45) is 1.65. The summed E-state index contributed by atoms with van der Waals surface area (Å²) in [4.78, 5) is 13.6. The van der Waals surface area contributed by atoms with Crippen LogP contribution in [0.4, 0.5) is 9.18 Å². The van der Waals surface area contributed by atoms with Crippen LogP contribution in [0.15, 0.2) is 24.5 Å². The van der Waals surface area contributed by atoms with Crippen molar-refractivity contribution >= 4 is 6.16 Å². The SMILES string of the molecule is O=C(F)NCc1ccncc1. The maximum Gasteiger partial charge on any atom is 0.397 e. The molecule has 0 unspecified atom stereocenters. The summed E-state index contributed by atoms with van der Waals surface area (Å²) in [6.45, 7) is 0.206. The third-order valence-electron chi connectivity index (χ3n) is 1.18. The van der Waals surface area contributed by atoms with E-state index in [0.717, 1.165) is 5.56 Å². The van der Waals surface area contributed by atoms with Crippen LogP contribution in [0.25, 0.3) is 0 Å². The molecule has 0 aliphatic rings. The first-order chi connectivity index (χ1) is 5.29. The van der Waals surface area contributed by atoms with Crippen LogP contribution in [0.5, 0.6) is 0 Å².